The van der Waals surface area contributed by atoms with E-state index in [-0.39, 0.29) is 18.5 Å². The van der Waals surface area contributed by atoms with Gasteiger partial charge >= 0.3 is 5.97 Å². The molecule has 0 aliphatic carbocycles. The summed E-state index contributed by atoms with van der Waals surface area (Å²) in [5.74, 6) is -0.0370. The van der Waals surface area contributed by atoms with E-state index >= 15 is 0 Å². The second kappa shape index (κ2) is 80.5. The molecule has 0 saturated carbocycles. The number of rotatable bonds is 79. The van der Waals surface area contributed by atoms with E-state index in [0.29, 0.717) is 19.4 Å². The highest BCUT2D eigenvalue weighted by Gasteiger charge is 2.18. The Labute approximate surface area is 570 Å². The van der Waals surface area contributed by atoms with Crippen molar-refractivity contribution in [3.05, 3.63) is 36.5 Å². The molecule has 0 saturated heterocycles. The Morgan fingerprint density at radius 2 is 0.549 bits per heavy atom. The number of amides is 1. The number of aliphatic hydroxyl groups excluding tert-OH is 2. The highest BCUT2D eigenvalue weighted by atomic mass is 16.5. The molecule has 0 aromatic heterocycles. The van der Waals surface area contributed by atoms with Gasteiger partial charge < -0.3 is 20.3 Å². The summed E-state index contributed by atoms with van der Waals surface area (Å²) < 4.78 is 5.52. The molecule has 0 spiro atoms. The molecule has 0 fully saturated rings. The van der Waals surface area contributed by atoms with Gasteiger partial charge in [-0.15, -0.1) is 0 Å². The summed E-state index contributed by atoms with van der Waals surface area (Å²) in [6.07, 6.45) is 106. The van der Waals surface area contributed by atoms with Gasteiger partial charge in [-0.3, -0.25) is 9.59 Å². The van der Waals surface area contributed by atoms with E-state index in [2.05, 4.69) is 43.5 Å². The van der Waals surface area contributed by atoms with Gasteiger partial charge in [0.1, 0.15) is 0 Å². The van der Waals surface area contributed by atoms with Gasteiger partial charge in [-0.2, -0.15) is 0 Å². The van der Waals surface area contributed by atoms with E-state index in [0.717, 1.165) is 44.9 Å². The Kier molecular flexibility index (Phi) is 78.8. The molecule has 6 nitrogen and oxygen atoms in total. The summed E-state index contributed by atoms with van der Waals surface area (Å²) in [4.78, 5) is 24.7. The fraction of sp³-hybridized carbons (Fsp3) is 0.906. The normalized spacial score (nSPS) is 12.6. The van der Waals surface area contributed by atoms with Crippen LogP contribution in [0.4, 0.5) is 0 Å². The third-order valence-corrected chi connectivity index (χ3v) is 19.7. The van der Waals surface area contributed by atoms with Crippen LogP contribution in [0.1, 0.15) is 470 Å². The Hall–Kier alpha value is -1.92. The number of ether oxygens (including phenoxy) is 1. The lowest BCUT2D eigenvalue weighted by atomic mass is 10.0. The SMILES string of the molecule is CCCCCCCCCCCCCCCCCC/C=C/C(O)C(CO)NC(=O)CCCCCCCCCCCCCCCCCCC/C=C\C/C=C\CCCCCCCCCCCCCCCOC(=O)CCCCCCCCCCCCCCCCCCCCC. The Morgan fingerprint density at radius 3 is 0.835 bits per heavy atom. The van der Waals surface area contributed by atoms with Crippen LogP contribution >= 0.6 is 0 Å². The van der Waals surface area contributed by atoms with Crippen molar-refractivity contribution in [3.63, 3.8) is 0 Å². The van der Waals surface area contributed by atoms with Crippen LogP contribution in [0.25, 0.3) is 0 Å². The Balaban J connectivity index is 3.36. The largest absolute Gasteiger partial charge is 0.466 e. The van der Waals surface area contributed by atoms with Crippen LogP contribution in [0.2, 0.25) is 0 Å². The summed E-state index contributed by atoms with van der Waals surface area (Å²) in [6, 6.07) is -0.627. The minimum absolute atomic E-state index is 0.0243. The fourth-order valence-corrected chi connectivity index (χ4v) is 13.3. The summed E-state index contributed by atoms with van der Waals surface area (Å²) in [6.45, 7) is 4.96. The van der Waals surface area contributed by atoms with Gasteiger partial charge in [0.2, 0.25) is 5.91 Å². The van der Waals surface area contributed by atoms with Gasteiger partial charge in [-0.05, 0) is 64.2 Å². The number of esters is 1. The van der Waals surface area contributed by atoms with Gasteiger partial charge in [0.05, 0.1) is 25.4 Å². The van der Waals surface area contributed by atoms with Crippen molar-refractivity contribution in [1.29, 1.82) is 0 Å². The number of hydrogen-bond donors (Lipinski definition) is 3. The molecular formula is C85H163NO5. The molecule has 538 valence electrons. The lowest BCUT2D eigenvalue weighted by molar-refractivity contribution is -0.143. The van der Waals surface area contributed by atoms with Crippen LogP contribution < -0.4 is 5.32 Å². The molecular weight excluding hydrogens is 1110 g/mol. The molecule has 0 aromatic carbocycles. The zero-order chi connectivity index (χ0) is 65.6. The quantitative estimate of drug-likeness (QED) is 0.0320. The average Bonchev–Trinajstić information content (AvgIpc) is 3.75. The molecule has 0 aliphatic heterocycles. The molecule has 0 aliphatic rings. The summed E-state index contributed by atoms with van der Waals surface area (Å²) in [5, 5.41) is 23.3. The third kappa shape index (κ3) is 77.0. The number of hydrogen-bond acceptors (Lipinski definition) is 5. The number of carbonyl (C=O) groups excluding carboxylic acids is 2. The Bertz CT molecular complexity index is 1470. The van der Waals surface area contributed by atoms with E-state index in [4.69, 9.17) is 4.74 Å². The maximum Gasteiger partial charge on any atom is 0.305 e. The monoisotopic (exact) mass is 1280 g/mol. The van der Waals surface area contributed by atoms with Crippen LogP contribution in [-0.2, 0) is 14.3 Å². The van der Waals surface area contributed by atoms with Crippen molar-refractivity contribution < 1.29 is 24.5 Å². The summed E-state index contributed by atoms with van der Waals surface area (Å²) in [7, 11) is 0. The smallest absolute Gasteiger partial charge is 0.305 e. The van der Waals surface area contributed by atoms with Crippen molar-refractivity contribution in [2.45, 2.75) is 482 Å². The predicted octanol–water partition coefficient (Wildman–Crippen LogP) is 27.8. The van der Waals surface area contributed by atoms with Crippen LogP contribution in [-0.4, -0.2) is 47.4 Å². The van der Waals surface area contributed by atoms with Crippen LogP contribution in [0.3, 0.4) is 0 Å². The lowest BCUT2D eigenvalue weighted by Gasteiger charge is -2.20. The van der Waals surface area contributed by atoms with Crippen molar-refractivity contribution in [3.8, 4) is 0 Å². The lowest BCUT2D eigenvalue weighted by Crippen LogP contribution is -2.45. The van der Waals surface area contributed by atoms with Gasteiger partial charge in [0.15, 0.2) is 0 Å². The standard InChI is InChI=1S/C85H163NO5/c1-3-5-7-9-11-13-15-17-19-21-42-47-51-55-59-63-67-71-75-79-85(90)91-80-76-72-68-64-60-56-52-48-44-41-39-37-35-33-31-29-27-25-23-24-26-28-30-32-34-36-38-40-43-46-50-54-58-62-66-70-74-78-84(89)86-82(81-87)83(88)77-73-69-65-61-57-53-49-45-22-20-18-16-14-12-10-8-6-4-2/h23,25,29,31,73,77,82-83,87-88H,3-22,24,26-28,30,32-72,74-76,78-81H2,1-2H3,(H,86,89)/b25-23-,31-29-,77-73+. The second-order valence-corrected chi connectivity index (χ2v) is 28.8. The molecule has 0 aromatic rings. The second-order valence-electron chi connectivity index (χ2n) is 28.8. The predicted molar refractivity (Wildman–Crippen MR) is 403 cm³/mol. The Morgan fingerprint density at radius 1 is 0.308 bits per heavy atom. The average molecular weight is 1280 g/mol. The van der Waals surface area contributed by atoms with Crippen molar-refractivity contribution in [1.82, 2.24) is 5.32 Å². The van der Waals surface area contributed by atoms with Gasteiger partial charge in [-0.1, -0.05) is 429 Å². The van der Waals surface area contributed by atoms with Crippen LogP contribution in [0, 0.1) is 0 Å². The molecule has 3 N–H and O–H groups in total. The minimum Gasteiger partial charge on any atom is -0.466 e. The molecule has 2 unspecified atom stereocenters. The maximum absolute atomic E-state index is 12.5. The molecule has 0 rings (SSSR count). The third-order valence-electron chi connectivity index (χ3n) is 19.7. The zero-order valence-electron chi connectivity index (χ0n) is 61.9. The first kappa shape index (κ1) is 89.1. The van der Waals surface area contributed by atoms with E-state index in [1.54, 1.807) is 6.08 Å². The minimum atomic E-state index is -0.843. The number of aliphatic hydroxyl groups is 2. The summed E-state index contributed by atoms with van der Waals surface area (Å²) in [5.41, 5.74) is 0. The first-order valence-corrected chi connectivity index (χ1v) is 41.8. The molecule has 0 radical (unpaired) electrons. The van der Waals surface area contributed by atoms with Crippen molar-refractivity contribution >= 4 is 11.9 Å². The number of carbonyl (C=O) groups is 2. The van der Waals surface area contributed by atoms with E-state index in [1.165, 1.54) is 398 Å². The summed E-state index contributed by atoms with van der Waals surface area (Å²) >= 11 is 0. The topological polar surface area (TPSA) is 95.9 Å². The number of unbranched alkanes of at least 4 members (excludes halogenated alkanes) is 64. The van der Waals surface area contributed by atoms with Gasteiger partial charge in [0.25, 0.3) is 0 Å². The van der Waals surface area contributed by atoms with Gasteiger partial charge in [0, 0.05) is 12.8 Å². The van der Waals surface area contributed by atoms with Crippen molar-refractivity contribution in [2.75, 3.05) is 13.2 Å². The molecule has 91 heavy (non-hydrogen) atoms. The van der Waals surface area contributed by atoms with E-state index in [1.807, 2.05) is 6.08 Å². The van der Waals surface area contributed by atoms with Gasteiger partial charge in [-0.25, -0.2) is 0 Å². The molecule has 6 heteroatoms. The number of allylic oxidation sites excluding steroid dienone is 5. The number of nitrogens with one attached hydrogen (secondary N) is 1. The zero-order valence-corrected chi connectivity index (χ0v) is 61.9. The highest BCUT2D eigenvalue weighted by Crippen LogP contribution is 2.20. The molecule has 0 heterocycles. The van der Waals surface area contributed by atoms with E-state index < -0.39 is 12.1 Å². The first-order valence-electron chi connectivity index (χ1n) is 41.8. The van der Waals surface area contributed by atoms with Crippen LogP contribution in [0.15, 0.2) is 36.5 Å². The first-order chi connectivity index (χ1) is 45.0. The van der Waals surface area contributed by atoms with E-state index in [9.17, 15) is 19.8 Å². The molecule has 2 atom stereocenters. The highest BCUT2D eigenvalue weighted by molar-refractivity contribution is 5.76. The molecule has 0 bridgehead atoms. The fourth-order valence-electron chi connectivity index (χ4n) is 13.3. The van der Waals surface area contributed by atoms with Crippen molar-refractivity contribution in [2.24, 2.45) is 0 Å². The van der Waals surface area contributed by atoms with Crippen LogP contribution in [0.5, 0.6) is 0 Å². The maximum atomic E-state index is 12.5. The molecule has 1 amide bonds.